The van der Waals surface area contributed by atoms with E-state index in [1.54, 1.807) is 0 Å². The lowest BCUT2D eigenvalue weighted by Gasteiger charge is -2.35. The fourth-order valence-electron chi connectivity index (χ4n) is 13.8. The van der Waals surface area contributed by atoms with Crippen LogP contribution in [0.2, 0.25) is 0 Å². The van der Waals surface area contributed by atoms with Crippen LogP contribution in [0.25, 0.3) is 91.8 Å². The Balaban J connectivity index is 0.879. The number of thiophene rings is 1. The fraction of sp³-hybridized carbons (Fsp3) is 0.0541. The molecule has 0 amide bonds. The highest BCUT2D eigenvalue weighted by Gasteiger charge is 2.46. The number of hydrogen-bond acceptors (Lipinski definition) is 2. The molecular formula is C74H50N2S. The van der Waals surface area contributed by atoms with E-state index in [1.165, 1.54) is 125 Å². The van der Waals surface area contributed by atoms with Gasteiger partial charge in [-0.05, 0) is 138 Å². The molecule has 2 heterocycles. The van der Waals surface area contributed by atoms with Crippen LogP contribution in [0.4, 0.5) is 17.1 Å². The minimum atomic E-state index is -0.528. The maximum Gasteiger partial charge on any atom is 0.0734 e. The van der Waals surface area contributed by atoms with Crippen LogP contribution >= 0.6 is 11.3 Å². The standard InChI is InChI=1S/C74H50N2S/c1-73(2)65-44-52(38-41-58(65)59-42-40-54(45-66(59)73)76-68-33-19-17-31-63(68)72-70(76)69-61-29-14-12-26-55(61)56-27-13-15-30-62(56)71(69)77-72)75(51-36-34-48(35-37-51)47-20-6-3-7-21-47)53-39-43-60-57-28-16-18-32-64(57)74(67(60)46-53,49-22-8-4-9-23-49)50-24-10-5-11-25-50/h3-46H,1-2H3. The molecule has 362 valence electrons. The van der Waals surface area contributed by atoms with Crippen LogP contribution < -0.4 is 4.90 Å². The van der Waals surface area contributed by atoms with Crippen molar-refractivity contribution in [2.75, 3.05) is 4.90 Å². The second-order valence-corrected chi connectivity index (χ2v) is 22.5. The Labute approximate surface area is 452 Å². The summed E-state index contributed by atoms with van der Waals surface area (Å²) in [5.74, 6) is 0. The van der Waals surface area contributed by atoms with Crippen LogP contribution in [-0.2, 0) is 10.8 Å². The number of hydrogen-bond donors (Lipinski definition) is 0. The highest BCUT2D eigenvalue weighted by atomic mass is 32.1. The summed E-state index contributed by atoms with van der Waals surface area (Å²) in [5.41, 5.74) is 21.5. The van der Waals surface area contributed by atoms with E-state index in [0.717, 1.165) is 17.1 Å². The van der Waals surface area contributed by atoms with E-state index in [2.05, 4.69) is 290 Å². The molecule has 0 radical (unpaired) electrons. The topological polar surface area (TPSA) is 8.17 Å². The average molecular weight is 999 g/mol. The fourth-order valence-corrected chi connectivity index (χ4v) is 15.2. The lowest BCUT2D eigenvalue weighted by molar-refractivity contribution is 0.660. The van der Waals surface area contributed by atoms with E-state index in [-0.39, 0.29) is 5.41 Å². The molecule has 2 nitrogen and oxygen atoms in total. The maximum absolute atomic E-state index is 2.56. The highest BCUT2D eigenvalue weighted by Crippen LogP contribution is 2.58. The third-order valence-corrected chi connectivity index (χ3v) is 18.5. The number of fused-ring (bicyclic) bond motifs is 16. The van der Waals surface area contributed by atoms with Crippen LogP contribution in [0.1, 0.15) is 47.2 Å². The smallest absolute Gasteiger partial charge is 0.0734 e. The van der Waals surface area contributed by atoms with Crippen molar-refractivity contribution < 1.29 is 0 Å². The number of rotatable bonds is 7. The van der Waals surface area contributed by atoms with Gasteiger partial charge in [-0.2, -0.15) is 0 Å². The minimum absolute atomic E-state index is 0.309. The van der Waals surface area contributed by atoms with E-state index < -0.39 is 5.41 Å². The van der Waals surface area contributed by atoms with Crippen molar-refractivity contribution in [1.29, 1.82) is 0 Å². The molecule has 0 unspecified atom stereocenters. The molecular weight excluding hydrogens is 949 g/mol. The van der Waals surface area contributed by atoms with Gasteiger partial charge in [-0.15, -0.1) is 11.3 Å². The first-order valence-corrected chi connectivity index (χ1v) is 27.6. The van der Waals surface area contributed by atoms with Crippen molar-refractivity contribution in [2.24, 2.45) is 0 Å². The summed E-state index contributed by atoms with van der Waals surface area (Å²) in [4.78, 5) is 2.49. The van der Waals surface area contributed by atoms with Crippen molar-refractivity contribution in [2.45, 2.75) is 24.7 Å². The molecule has 2 aliphatic rings. The van der Waals surface area contributed by atoms with Gasteiger partial charge in [0.2, 0.25) is 0 Å². The molecule has 16 rings (SSSR count). The van der Waals surface area contributed by atoms with E-state index >= 15 is 0 Å². The quantitative estimate of drug-likeness (QED) is 0.144. The highest BCUT2D eigenvalue weighted by molar-refractivity contribution is 7.27. The Hall–Kier alpha value is -9.28. The first-order valence-electron chi connectivity index (χ1n) is 26.8. The molecule has 0 atom stereocenters. The van der Waals surface area contributed by atoms with Gasteiger partial charge in [-0.1, -0.05) is 226 Å². The number of nitrogens with zero attached hydrogens (tertiary/aromatic N) is 2. The van der Waals surface area contributed by atoms with Crippen LogP contribution in [0.15, 0.2) is 267 Å². The molecule has 0 spiro atoms. The predicted molar refractivity (Wildman–Crippen MR) is 326 cm³/mol. The second-order valence-electron chi connectivity index (χ2n) is 21.5. The van der Waals surface area contributed by atoms with E-state index in [1.807, 2.05) is 11.3 Å². The SMILES string of the molecule is CC1(C)c2cc(N(c3ccc(-c4ccccc4)cc3)c3ccc4c(c3)C(c3ccccc3)(c3ccccc3)c3ccccc3-4)ccc2-c2ccc(-n3c4ccccc4c4sc5c6ccccc6c6ccccc6c5c43)cc21. The molecule has 2 aromatic heterocycles. The summed E-state index contributed by atoms with van der Waals surface area (Å²) in [7, 11) is 0. The van der Waals surface area contributed by atoms with Crippen LogP contribution in [-0.4, -0.2) is 4.57 Å². The van der Waals surface area contributed by atoms with E-state index in [0.29, 0.717) is 0 Å². The zero-order valence-corrected chi connectivity index (χ0v) is 43.5. The molecule has 2 aliphatic carbocycles. The van der Waals surface area contributed by atoms with Crippen LogP contribution in [0, 0.1) is 0 Å². The van der Waals surface area contributed by atoms with Crippen molar-refractivity contribution in [3.8, 4) is 39.1 Å². The van der Waals surface area contributed by atoms with Gasteiger partial charge in [-0.25, -0.2) is 0 Å². The van der Waals surface area contributed by atoms with Gasteiger partial charge >= 0.3 is 0 Å². The normalized spacial score (nSPS) is 13.8. The monoisotopic (exact) mass is 998 g/mol. The molecule has 0 bridgehead atoms. The summed E-state index contributed by atoms with van der Waals surface area (Å²) in [6.45, 7) is 4.85. The molecule has 77 heavy (non-hydrogen) atoms. The van der Waals surface area contributed by atoms with Crippen molar-refractivity contribution in [3.05, 3.63) is 300 Å². The lowest BCUT2D eigenvalue weighted by atomic mass is 9.67. The number of aromatic nitrogens is 1. The Morgan fingerprint density at radius 3 is 1.52 bits per heavy atom. The number of para-hydroxylation sites is 1. The van der Waals surface area contributed by atoms with Gasteiger partial charge < -0.3 is 9.47 Å². The Morgan fingerprint density at radius 1 is 0.351 bits per heavy atom. The second kappa shape index (κ2) is 16.6. The third-order valence-electron chi connectivity index (χ3n) is 17.2. The zero-order chi connectivity index (χ0) is 51.0. The number of anilines is 3. The minimum Gasteiger partial charge on any atom is -0.310 e. The molecule has 0 saturated carbocycles. The summed E-state index contributed by atoms with van der Waals surface area (Å²) in [6.07, 6.45) is 0. The Morgan fingerprint density at radius 2 is 0.831 bits per heavy atom. The largest absolute Gasteiger partial charge is 0.310 e. The van der Waals surface area contributed by atoms with Gasteiger partial charge in [0, 0.05) is 49.0 Å². The van der Waals surface area contributed by atoms with Gasteiger partial charge in [0.15, 0.2) is 0 Å². The maximum atomic E-state index is 2.56. The van der Waals surface area contributed by atoms with E-state index in [4.69, 9.17) is 0 Å². The Kier molecular flexibility index (Phi) is 9.50. The summed E-state index contributed by atoms with van der Waals surface area (Å²) in [5, 5.41) is 7.85. The van der Waals surface area contributed by atoms with Crippen molar-refractivity contribution >= 4 is 81.1 Å². The third kappa shape index (κ3) is 6.23. The van der Waals surface area contributed by atoms with Crippen LogP contribution in [0.3, 0.4) is 0 Å². The molecule has 0 fully saturated rings. The number of benzene rings is 12. The molecule has 0 aliphatic heterocycles. The van der Waals surface area contributed by atoms with Crippen molar-refractivity contribution in [3.63, 3.8) is 0 Å². The van der Waals surface area contributed by atoms with Gasteiger partial charge in [0.1, 0.15) is 0 Å². The van der Waals surface area contributed by atoms with Gasteiger partial charge in [-0.3, -0.25) is 0 Å². The van der Waals surface area contributed by atoms with Gasteiger partial charge in [0.05, 0.1) is 21.1 Å². The molecule has 0 saturated heterocycles. The Bertz CT molecular complexity index is 4660. The predicted octanol–water partition coefficient (Wildman–Crippen LogP) is 20.1. The molecule has 3 heteroatoms. The van der Waals surface area contributed by atoms with Crippen LogP contribution in [0.5, 0.6) is 0 Å². The van der Waals surface area contributed by atoms with Gasteiger partial charge in [0.25, 0.3) is 0 Å². The van der Waals surface area contributed by atoms with E-state index in [9.17, 15) is 0 Å². The first-order chi connectivity index (χ1) is 38.0. The molecule has 14 aromatic rings. The molecule has 0 N–H and O–H groups in total. The summed E-state index contributed by atoms with van der Waals surface area (Å²) < 4.78 is 5.25. The molecule has 12 aromatic carbocycles. The average Bonchev–Trinajstić information content (AvgIpc) is 4.37. The summed E-state index contributed by atoms with van der Waals surface area (Å²) in [6, 6.07) is 99.8. The van der Waals surface area contributed by atoms with Crippen molar-refractivity contribution in [1.82, 2.24) is 4.57 Å². The first kappa shape index (κ1) is 44.1. The summed E-state index contributed by atoms with van der Waals surface area (Å²) >= 11 is 1.94. The zero-order valence-electron chi connectivity index (χ0n) is 42.7. The lowest BCUT2D eigenvalue weighted by Crippen LogP contribution is -2.28.